The van der Waals surface area contributed by atoms with Gasteiger partial charge in [-0.25, -0.2) is 0 Å². The summed E-state index contributed by atoms with van der Waals surface area (Å²) in [4.78, 5) is 24.1. The molecule has 0 unspecified atom stereocenters. The molecule has 0 radical (unpaired) electrons. The van der Waals surface area contributed by atoms with E-state index in [1.165, 1.54) is 0 Å². The molecule has 0 aromatic carbocycles. The molecular weight excluding hydrogens is 194 g/mol. The van der Waals surface area contributed by atoms with Gasteiger partial charge in [0, 0.05) is 13.1 Å². The van der Waals surface area contributed by atoms with Crippen molar-refractivity contribution in [2.45, 2.75) is 32.7 Å². The van der Waals surface area contributed by atoms with Crippen molar-refractivity contribution in [2.75, 3.05) is 20.1 Å². The third-order valence-corrected chi connectivity index (χ3v) is 2.51. The van der Waals surface area contributed by atoms with Gasteiger partial charge < -0.3 is 16.0 Å². The highest BCUT2D eigenvalue weighted by atomic mass is 16.2. The second-order valence-electron chi connectivity index (χ2n) is 3.46. The van der Waals surface area contributed by atoms with Crippen LogP contribution >= 0.6 is 0 Å². The molecule has 0 aliphatic heterocycles. The van der Waals surface area contributed by atoms with Crippen LogP contribution in [0, 0.1) is 0 Å². The van der Waals surface area contributed by atoms with Gasteiger partial charge in [0.15, 0.2) is 0 Å². The molecule has 0 atom stereocenters. The van der Waals surface area contributed by atoms with Crippen LogP contribution in [0.3, 0.4) is 0 Å². The third kappa shape index (κ3) is 4.78. The molecule has 0 aliphatic carbocycles. The molecule has 0 saturated heterocycles. The zero-order valence-corrected chi connectivity index (χ0v) is 9.75. The van der Waals surface area contributed by atoms with E-state index >= 15 is 0 Å². The lowest BCUT2D eigenvalue weighted by Crippen LogP contribution is -2.44. The van der Waals surface area contributed by atoms with E-state index in [4.69, 9.17) is 5.73 Å². The van der Waals surface area contributed by atoms with Crippen LogP contribution in [0.1, 0.15) is 26.7 Å². The molecule has 0 saturated carbocycles. The maximum absolute atomic E-state index is 11.6. The van der Waals surface area contributed by atoms with E-state index in [-0.39, 0.29) is 30.9 Å². The molecule has 0 bridgehead atoms. The topological polar surface area (TPSA) is 75.4 Å². The molecule has 0 aromatic heterocycles. The molecule has 15 heavy (non-hydrogen) atoms. The smallest absolute Gasteiger partial charge is 0.241 e. The number of hydrogen-bond acceptors (Lipinski definition) is 3. The Bertz CT molecular complexity index is 215. The van der Waals surface area contributed by atoms with Crippen molar-refractivity contribution < 1.29 is 9.59 Å². The minimum atomic E-state index is -0.304. The molecule has 2 amide bonds. The molecular formula is C10H21N3O2. The number of amides is 2. The quantitative estimate of drug-likeness (QED) is 0.639. The normalized spacial score (nSPS) is 10.2. The van der Waals surface area contributed by atoms with Crippen LogP contribution in [0.5, 0.6) is 0 Å². The zero-order valence-electron chi connectivity index (χ0n) is 9.75. The van der Waals surface area contributed by atoms with Crippen LogP contribution < -0.4 is 11.1 Å². The van der Waals surface area contributed by atoms with Gasteiger partial charge in [0.25, 0.3) is 0 Å². The minimum absolute atomic E-state index is 0.0308. The largest absolute Gasteiger partial charge is 0.346 e. The summed E-state index contributed by atoms with van der Waals surface area (Å²) in [6, 6.07) is 0.243. The van der Waals surface area contributed by atoms with Crippen LogP contribution in [0.25, 0.3) is 0 Å². The van der Waals surface area contributed by atoms with E-state index in [9.17, 15) is 9.59 Å². The number of hydrogen-bond donors (Lipinski definition) is 2. The fourth-order valence-electron chi connectivity index (χ4n) is 1.41. The van der Waals surface area contributed by atoms with E-state index in [0.29, 0.717) is 0 Å². The highest BCUT2D eigenvalue weighted by molar-refractivity contribution is 5.85. The third-order valence-electron chi connectivity index (χ3n) is 2.51. The summed E-state index contributed by atoms with van der Waals surface area (Å²) in [5.41, 5.74) is 5.11. The maximum Gasteiger partial charge on any atom is 0.241 e. The maximum atomic E-state index is 11.6. The van der Waals surface area contributed by atoms with Gasteiger partial charge in [-0.05, 0) is 12.8 Å². The van der Waals surface area contributed by atoms with Crippen LogP contribution in [-0.4, -0.2) is 42.9 Å². The number of carbonyl (C=O) groups excluding carboxylic acids is 2. The summed E-state index contributed by atoms with van der Waals surface area (Å²) >= 11 is 0. The SMILES string of the molecule is CCC(CC)N(C)C(=O)CNC(=O)CN. The van der Waals surface area contributed by atoms with Gasteiger partial charge >= 0.3 is 0 Å². The summed E-state index contributed by atoms with van der Waals surface area (Å²) < 4.78 is 0. The van der Waals surface area contributed by atoms with Crippen molar-refractivity contribution in [1.29, 1.82) is 0 Å². The minimum Gasteiger partial charge on any atom is -0.346 e. The Morgan fingerprint density at radius 1 is 1.33 bits per heavy atom. The molecule has 3 N–H and O–H groups in total. The monoisotopic (exact) mass is 215 g/mol. The molecule has 5 heteroatoms. The summed E-state index contributed by atoms with van der Waals surface area (Å²) in [7, 11) is 1.76. The van der Waals surface area contributed by atoms with Crippen molar-refractivity contribution in [3.05, 3.63) is 0 Å². The van der Waals surface area contributed by atoms with Crippen molar-refractivity contribution >= 4 is 11.8 Å². The Morgan fingerprint density at radius 2 is 1.87 bits per heavy atom. The summed E-state index contributed by atoms with van der Waals surface area (Å²) in [6.45, 7) is 4.03. The van der Waals surface area contributed by atoms with Crippen LogP contribution in [0.4, 0.5) is 0 Å². The van der Waals surface area contributed by atoms with Crippen LogP contribution in [0.2, 0.25) is 0 Å². The van der Waals surface area contributed by atoms with E-state index in [1.54, 1.807) is 11.9 Å². The molecule has 0 aromatic rings. The molecule has 0 aliphatic rings. The van der Waals surface area contributed by atoms with Crippen molar-refractivity contribution in [3.8, 4) is 0 Å². The van der Waals surface area contributed by atoms with Crippen LogP contribution in [0.15, 0.2) is 0 Å². The molecule has 5 nitrogen and oxygen atoms in total. The Labute approximate surface area is 91.0 Å². The van der Waals surface area contributed by atoms with Crippen LogP contribution in [-0.2, 0) is 9.59 Å². The number of nitrogens with one attached hydrogen (secondary N) is 1. The Balaban J connectivity index is 4.03. The van der Waals surface area contributed by atoms with Gasteiger partial charge in [-0.3, -0.25) is 9.59 Å². The van der Waals surface area contributed by atoms with Gasteiger partial charge in [0.2, 0.25) is 11.8 Å². The number of rotatable bonds is 6. The van der Waals surface area contributed by atoms with Gasteiger partial charge in [-0.15, -0.1) is 0 Å². The Kier molecular flexibility index (Phi) is 6.70. The summed E-state index contributed by atoms with van der Waals surface area (Å²) in [5, 5.41) is 2.46. The lowest BCUT2D eigenvalue weighted by Gasteiger charge is -2.26. The molecule has 0 heterocycles. The van der Waals surface area contributed by atoms with Gasteiger partial charge in [-0.2, -0.15) is 0 Å². The summed E-state index contributed by atoms with van der Waals surface area (Å²) in [5.74, 6) is -0.383. The fourth-order valence-corrected chi connectivity index (χ4v) is 1.41. The highest BCUT2D eigenvalue weighted by Gasteiger charge is 2.16. The van der Waals surface area contributed by atoms with Gasteiger partial charge in [-0.1, -0.05) is 13.8 Å². The second-order valence-corrected chi connectivity index (χ2v) is 3.46. The number of nitrogens with zero attached hydrogens (tertiary/aromatic N) is 1. The fraction of sp³-hybridized carbons (Fsp3) is 0.800. The van der Waals surface area contributed by atoms with Gasteiger partial charge in [0.1, 0.15) is 0 Å². The lowest BCUT2D eigenvalue weighted by atomic mass is 10.1. The number of carbonyl (C=O) groups is 2. The first-order valence-electron chi connectivity index (χ1n) is 5.29. The second kappa shape index (κ2) is 7.23. The molecule has 0 fully saturated rings. The lowest BCUT2D eigenvalue weighted by molar-refractivity contribution is -0.133. The molecule has 0 rings (SSSR count). The number of nitrogens with two attached hydrogens (primary N) is 1. The predicted octanol–water partition coefficient (Wildman–Crippen LogP) is -0.292. The first-order valence-corrected chi connectivity index (χ1v) is 5.29. The molecule has 88 valence electrons. The average Bonchev–Trinajstić information content (AvgIpc) is 2.26. The van der Waals surface area contributed by atoms with Gasteiger partial charge in [0.05, 0.1) is 13.1 Å². The summed E-state index contributed by atoms with van der Waals surface area (Å²) in [6.07, 6.45) is 1.84. The van der Waals surface area contributed by atoms with E-state index in [0.717, 1.165) is 12.8 Å². The van der Waals surface area contributed by atoms with Crippen molar-refractivity contribution in [2.24, 2.45) is 5.73 Å². The Morgan fingerprint density at radius 3 is 2.27 bits per heavy atom. The Hall–Kier alpha value is -1.10. The molecule has 0 spiro atoms. The van der Waals surface area contributed by atoms with E-state index in [2.05, 4.69) is 5.32 Å². The predicted molar refractivity (Wildman–Crippen MR) is 59.2 cm³/mol. The zero-order chi connectivity index (χ0) is 11.8. The van der Waals surface area contributed by atoms with E-state index < -0.39 is 0 Å². The average molecular weight is 215 g/mol. The first-order chi connectivity index (χ1) is 7.06. The van der Waals surface area contributed by atoms with Crippen molar-refractivity contribution in [3.63, 3.8) is 0 Å². The van der Waals surface area contributed by atoms with Crippen molar-refractivity contribution in [1.82, 2.24) is 10.2 Å². The standard InChI is InChI=1S/C10H21N3O2/c1-4-8(5-2)13(3)10(15)7-12-9(14)6-11/h8H,4-7,11H2,1-3H3,(H,12,14). The van der Waals surface area contributed by atoms with E-state index in [1.807, 2.05) is 13.8 Å². The highest BCUT2D eigenvalue weighted by Crippen LogP contribution is 2.05. The first kappa shape index (κ1) is 13.9. The number of likely N-dealkylation sites (N-methyl/N-ethyl adjacent to an activating group) is 1.